The van der Waals surface area contributed by atoms with Crippen molar-refractivity contribution >= 4 is 28.5 Å². The van der Waals surface area contributed by atoms with Crippen LogP contribution in [0.2, 0.25) is 0 Å². The zero-order valence-electron chi connectivity index (χ0n) is 16.1. The highest BCUT2D eigenvalue weighted by Gasteiger charge is 2.41. The maximum atomic E-state index is 13.0. The number of thioether (sulfide) groups is 1. The molecule has 144 valence electrons. The number of carbonyl (C=O) groups excluding carboxylic acids is 1. The van der Waals surface area contributed by atoms with E-state index in [0.717, 1.165) is 16.8 Å². The first-order valence-electron chi connectivity index (χ1n) is 9.45. The van der Waals surface area contributed by atoms with Crippen molar-refractivity contribution < 1.29 is 4.79 Å². The van der Waals surface area contributed by atoms with E-state index in [1.807, 2.05) is 29.3 Å². The van der Waals surface area contributed by atoms with E-state index >= 15 is 0 Å². The lowest BCUT2D eigenvalue weighted by molar-refractivity contribution is -0.127. The zero-order valence-corrected chi connectivity index (χ0v) is 16.9. The molecule has 2 aromatic carbocycles. The standard InChI is InChI=1S/C22H24N4OS/c1-4-13-28-22-24-21(27)19-17-7-5-6-8-18(17)23-20(26(19)25-22)16-11-9-15(10-12-16)14(2)3/h4-12,14,19-20,23H,1,13H2,2-3H3,(H,24,25,27)/t19-,20-/m0/s1. The van der Waals surface area contributed by atoms with Crippen LogP contribution in [-0.2, 0) is 4.79 Å². The summed E-state index contributed by atoms with van der Waals surface area (Å²) in [6.07, 6.45) is 1.59. The molecule has 2 N–H and O–H groups in total. The van der Waals surface area contributed by atoms with Crippen LogP contribution < -0.4 is 10.6 Å². The highest BCUT2D eigenvalue weighted by Crippen LogP contribution is 2.42. The van der Waals surface area contributed by atoms with Crippen molar-refractivity contribution in [3.8, 4) is 0 Å². The number of rotatable bonds is 4. The predicted octanol–water partition coefficient (Wildman–Crippen LogP) is 4.60. The Morgan fingerprint density at radius 1 is 1.21 bits per heavy atom. The van der Waals surface area contributed by atoms with Crippen molar-refractivity contribution in [3.63, 3.8) is 0 Å². The van der Waals surface area contributed by atoms with Gasteiger partial charge in [-0.15, -0.1) is 11.7 Å². The minimum absolute atomic E-state index is 0.0562. The fourth-order valence-electron chi connectivity index (χ4n) is 3.55. The summed E-state index contributed by atoms with van der Waals surface area (Å²) in [4.78, 5) is 13.0. The first kappa shape index (κ1) is 18.6. The zero-order chi connectivity index (χ0) is 19.7. The molecule has 2 aliphatic heterocycles. The molecule has 4 rings (SSSR count). The van der Waals surface area contributed by atoms with Gasteiger partial charge in [0.1, 0.15) is 6.17 Å². The van der Waals surface area contributed by atoms with Gasteiger partial charge in [0.15, 0.2) is 11.2 Å². The second kappa shape index (κ2) is 7.72. The molecule has 0 saturated carbocycles. The molecule has 0 bridgehead atoms. The molecule has 0 radical (unpaired) electrons. The van der Waals surface area contributed by atoms with Crippen LogP contribution in [0.3, 0.4) is 0 Å². The Morgan fingerprint density at radius 2 is 1.96 bits per heavy atom. The number of carbonyl (C=O) groups is 1. The van der Waals surface area contributed by atoms with Gasteiger partial charge in [0.05, 0.1) is 0 Å². The number of hydrazone groups is 1. The average molecular weight is 393 g/mol. The van der Waals surface area contributed by atoms with E-state index in [-0.39, 0.29) is 12.1 Å². The lowest BCUT2D eigenvalue weighted by Crippen LogP contribution is -2.50. The van der Waals surface area contributed by atoms with Crippen molar-refractivity contribution in [2.24, 2.45) is 5.10 Å². The highest BCUT2D eigenvalue weighted by atomic mass is 32.2. The first-order valence-corrected chi connectivity index (χ1v) is 10.4. The van der Waals surface area contributed by atoms with E-state index in [0.29, 0.717) is 16.8 Å². The molecular formula is C22H24N4OS. The Hall–Kier alpha value is -2.73. The average Bonchev–Trinajstić information content (AvgIpc) is 2.71. The Bertz CT molecular complexity index is 922. The van der Waals surface area contributed by atoms with Crippen molar-refractivity contribution in [1.82, 2.24) is 10.3 Å². The lowest BCUT2D eigenvalue weighted by Gasteiger charge is -2.43. The van der Waals surface area contributed by atoms with E-state index < -0.39 is 6.04 Å². The summed E-state index contributed by atoms with van der Waals surface area (Å²) in [7, 11) is 0. The molecule has 0 saturated heterocycles. The Kier molecular flexibility index (Phi) is 5.13. The molecule has 6 heteroatoms. The number of nitrogens with zero attached hydrogens (tertiary/aromatic N) is 2. The van der Waals surface area contributed by atoms with Gasteiger partial charge in [0.2, 0.25) is 0 Å². The van der Waals surface area contributed by atoms with Gasteiger partial charge >= 0.3 is 0 Å². The molecule has 2 heterocycles. The van der Waals surface area contributed by atoms with E-state index in [9.17, 15) is 4.79 Å². The number of nitrogens with one attached hydrogen (secondary N) is 2. The summed E-state index contributed by atoms with van der Waals surface area (Å²) < 4.78 is 0. The fourth-order valence-corrected chi connectivity index (χ4v) is 4.15. The van der Waals surface area contributed by atoms with Gasteiger partial charge in [-0.05, 0) is 23.1 Å². The van der Waals surface area contributed by atoms with Gasteiger partial charge < -0.3 is 10.6 Å². The van der Waals surface area contributed by atoms with Crippen molar-refractivity contribution in [2.75, 3.05) is 11.1 Å². The maximum absolute atomic E-state index is 13.0. The summed E-state index contributed by atoms with van der Waals surface area (Å²) in [6, 6.07) is 16.0. The molecule has 2 atom stereocenters. The smallest absolute Gasteiger partial charge is 0.255 e. The van der Waals surface area contributed by atoms with Crippen molar-refractivity contribution in [3.05, 3.63) is 77.9 Å². The predicted molar refractivity (Wildman–Crippen MR) is 116 cm³/mol. The summed E-state index contributed by atoms with van der Waals surface area (Å²) in [6.45, 7) is 8.11. The molecule has 2 aromatic rings. The Balaban J connectivity index is 1.76. The van der Waals surface area contributed by atoms with E-state index in [1.165, 1.54) is 17.3 Å². The molecule has 28 heavy (non-hydrogen) atoms. The number of fused-ring (bicyclic) bond motifs is 3. The second-order valence-corrected chi connectivity index (χ2v) is 8.24. The number of para-hydroxylation sites is 1. The van der Waals surface area contributed by atoms with Crippen LogP contribution in [0.5, 0.6) is 0 Å². The van der Waals surface area contributed by atoms with Crippen LogP contribution in [0.15, 0.2) is 66.3 Å². The van der Waals surface area contributed by atoms with Crippen LogP contribution in [-0.4, -0.2) is 21.8 Å². The number of hydrogen-bond donors (Lipinski definition) is 2. The largest absolute Gasteiger partial charge is 0.360 e. The number of anilines is 1. The van der Waals surface area contributed by atoms with Crippen molar-refractivity contribution in [1.29, 1.82) is 0 Å². The quantitative estimate of drug-likeness (QED) is 0.747. The molecule has 0 fully saturated rings. The molecular weight excluding hydrogens is 368 g/mol. The Labute approximate surface area is 169 Å². The third kappa shape index (κ3) is 3.40. The van der Waals surface area contributed by atoms with Crippen LogP contribution in [0.1, 0.15) is 48.7 Å². The maximum Gasteiger partial charge on any atom is 0.255 e. The number of benzene rings is 2. The third-order valence-corrected chi connectivity index (χ3v) is 5.88. The van der Waals surface area contributed by atoms with Crippen LogP contribution in [0.4, 0.5) is 5.69 Å². The minimum Gasteiger partial charge on any atom is -0.360 e. The van der Waals surface area contributed by atoms with Crippen LogP contribution in [0.25, 0.3) is 0 Å². The molecule has 5 nitrogen and oxygen atoms in total. The molecule has 0 spiro atoms. The van der Waals surface area contributed by atoms with Gasteiger partial charge in [0.25, 0.3) is 5.91 Å². The lowest BCUT2D eigenvalue weighted by atomic mass is 9.96. The second-order valence-electron chi connectivity index (χ2n) is 7.23. The van der Waals surface area contributed by atoms with Crippen molar-refractivity contribution in [2.45, 2.75) is 32.0 Å². The monoisotopic (exact) mass is 392 g/mol. The van der Waals surface area contributed by atoms with E-state index in [2.05, 4.69) is 55.3 Å². The summed E-state index contributed by atoms with van der Waals surface area (Å²) in [5, 5.41) is 13.8. The molecule has 0 unspecified atom stereocenters. The van der Waals surface area contributed by atoms with E-state index in [1.54, 1.807) is 6.08 Å². The van der Waals surface area contributed by atoms with Gasteiger partial charge in [-0.3, -0.25) is 9.80 Å². The summed E-state index contributed by atoms with van der Waals surface area (Å²) in [5.74, 6) is 1.11. The normalized spacial score (nSPS) is 20.6. The summed E-state index contributed by atoms with van der Waals surface area (Å²) >= 11 is 1.47. The number of hydrogen-bond acceptors (Lipinski definition) is 5. The topological polar surface area (TPSA) is 56.7 Å². The molecule has 0 aliphatic carbocycles. The molecule has 2 aliphatic rings. The number of amides is 1. The summed E-state index contributed by atoms with van der Waals surface area (Å²) in [5.41, 5.74) is 4.27. The first-order chi connectivity index (χ1) is 13.6. The fraction of sp³-hybridized carbons (Fsp3) is 0.273. The van der Waals surface area contributed by atoms with E-state index in [4.69, 9.17) is 5.10 Å². The third-order valence-electron chi connectivity index (χ3n) is 5.02. The highest BCUT2D eigenvalue weighted by molar-refractivity contribution is 8.14. The van der Waals surface area contributed by atoms with Crippen LogP contribution in [0, 0.1) is 0 Å². The van der Waals surface area contributed by atoms with Crippen LogP contribution >= 0.6 is 11.8 Å². The van der Waals surface area contributed by atoms with Gasteiger partial charge in [-0.1, -0.05) is 74.1 Å². The molecule has 0 aromatic heterocycles. The van der Waals surface area contributed by atoms with Gasteiger partial charge in [-0.2, -0.15) is 0 Å². The number of amidine groups is 1. The Morgan fingerprint density at radius 3 is 2.68 bits per heavy atom. The SMILES string of the molecule is C=CCSC1=NN2[C@@H](c3ccc(C(C)C)cc3)Nc3ccccc3[C@H]2C(=O)N1. The minimum atomic E-state index is -0.458. The van der Waals surface area contributed by atoms with Gasteiger partial charge in [0, 0.05) is 17.0 Å². The molecule has 1 amide bonds. The van der Waals surface area contributed by atoms with Gasteiger partial charge in [-0.25, -0.2) is 0 Å².